The number of methoxy groups -OCH3 is 1. The van der Waals surface area contributed by atoms with Crippen LogP contribution in [0, 0.1) is 5.82 Å². The van der Waals surface area contributed by atoms with E-state index < -0.39 is 0 Å². The third kappa shape index (κ3) is 1.32. The zero-order valence-electron chi connectivity index (χ0n) is 7.76. The second kappa shape index (κ2) is 3.29. The van der Waals surface area contributed by atoms with Crippen LogP contribution in [0.2, 0.25) is 0 Å². The number of halogens is 1. The Bertz CT molecular complexity index is 390. The molecule has 0 bridgehead atoms. The average Bonchev–Trinajstić information content (AvgIpc) is 2.19. The van der Waals surface area contributed by atoms with Gasteiger partial charge >= 0.3 is 0 Å². The minimum absolute atomic E-state index is 0.232. The fraction of sp³-hybridized carbons (Fsp3) is 0.300. The summed E-state index contributed by atoms with van der Waals surface area (Å²) in [5.41, 5.74) is 0.864. The standard InChI is InChI=1S/C10H10FNO2/c1-14-6-4-8-7(9(11)5-6)2-3-12-10(8)13/h4-5H,2-3H2,1H3,(H,12,13). The lowest BCUT2D eigenvalue weighted by Crippen LogP contribution is -2.32. The van der Waals surface area contributed by atoms with E-state index in [0.29, 0.717) is 29.8 Å². The van der Waals surface area contributed by atoms with Crippen molar-refractivity contribution in [3.8, 4) is 5.75 Å². The minimum Gasteiger partial charge on any atom is -0.497 e. The highest BCUT2D eigenvalue weighted by molar-refractivity contribution is 5.97. The van der Waals surface area contributed by atoms with Crippen LogP contribution in [0.4, 0.5) is 4.39 Å². The van der Waals surface area contributed by atoms with Crippen molar-refractivity contribution in [1.82, 2.24) is 5.32 Å². The lowest BCUT2D eigenvalue weighted by atomic mass is 9.99. The molecule has 14 heavy (non-hydrogen) atoms. The molecule has 0 fully saturated rings. The van der Waals surface area contributed by atoms with Crippen molar-refractivity contribution in [2.24, 2.45) is 0 Å². The highest BCUT2D eigenvalue weighted by Gasteiger charge is 2.20. The van der Waals surface area contributed by atoms with Crippen molar-refractivity contribution in [3.63, 3.8) is 0 Å². The van der Waals surface area contributed by atoms with Crippen LogP contribution in [0.15, 0.2) is 12.1 Å². The summed E-state index contributed by atoms with van der Waals surface area (Å²) in [5.74, 6) is -0.225. The molecule has 1 aliphatic heterocycles. The summed E-state index contributed by atoms with van der Waals surface area (Å²) in [5, 5.41) is 2.66. The Kier molecular flexibility index (Phi) is 2.11. The molecular formula is C10H10FNO2. The molecule has 0 saturated carbocycles. The number of carbonyl (C=O) groups is 1. The van der Waals surface area contributed by atoms with Crippen LogP contribution >= 0.6 is 0 Å². The first-order chi connectivity index (χ1) is 6.72. The quantitative estimate of drug-likeness (QED) is 0.729. The van der Waals surface area contributed by atoms with Crippen molar-refractivity contribution >= 4 is 5.91 Å². The molecule has 1 N–H and O–H groups in total. The summed E-state index contributed by atoms with van der Waals surface area (Å²) in [7, 11) is 1.45. The number of benzene rings is 1. The predicted octanol–water partition coefficient (Wildman–Crippen LogP) is 1.12. The zero-order valence-corrected chi connectivity index (χ0v) is 7.76. The van der Waals surface area contributed by atoms with E-state index in [1.165, 1.54) is 13.2 Å². The summed E-state index contributed by atoms with van der Waals surface area (Å²) in [6, 6.07) is 2.87. The number of ether oxygens (including phenoxy) is 1. The molecule has 0 saturated heterocycles. The van der Waals surface area contributed by atoms with Crippen molar-refractivity contribution in [2.45, 2.75) is 6.42 Å². The highest BCUT2D eigenvalue weighted by Crippen LogP contribution is 2.23. The maximum atomic E-state index is 13.4. The zero-order chi connectivity index (χ0) is 10.1. The van der Waals surface area contributed by atoms with Crippen molar-refractivity contribution < 1.29 is 13.9 Å². The molecular weight excluding hydrogens is 185 g/mol. The molecule has 0 aromatic heterocycles. The third-order valence-electron chi connectivity index (χ3n) is 2.31. The Morgan fingerprint density at radius 3 is 3.00 bits per heavy atom. The first kappa shape index (κ1) is 8.99. The lowest BCUT2D eigenvalue weighted by molar-refractivity contribution is 0.0944. The first-order valence-corrected chi connectivity index (χ1v) is 4.37. The van der Waals surface area contributed by atoms with Crippen LogP contribution < -0.4 is 10.1 Å². The van der Waals surface area contributed by atoms with Crippen LogP contribution in [-0.4, -0.2) is 19.6 Å². The monoisotopic (exact) mass is 195 g/mol. The molecule has 2 rings (SSSR count). The van der Waals surface area contributed by atoms with Crippen LogP contribution in [-0.2, 0) is 6.42 Å². The molecule has 0 aliphatic carbocycles. The minimum atomic E-state index is -0.366. The largest absolute Gasteiger partial charge is 0.497 e. The van der Waals surface area contributed by atoms with Crippen LogP contribution in [0.1, 0.15) is 15.9 Å². The molecule has 1 aromatic carbocycles. The van der Waals surface area contributed by atoms with E-state index in [9.17, 15) is 9.18 Å². The van der Waals surface area contributed by atoms with Gasteiger partial charge in [-0.1, -0.05) is 0 Å². The lowest BCUT2D eigenvalue weighted by Gasteiger charge is -2.17. The Morgan fingerprint density at radius 1 is 1.50 bits per heavy atom. The maximum absolute atomic E-state index is 13.4. The average molecular weight is 195 g/mol. The molecule has 1 aliphatic rings. The number of fused-ring (bicyclic) bond motifs is 1. The van der Waals surface area contributed by atoms with Crippen molar-refractivity contribution in [3.05, 3.63) is 29.1 Å². The van der Waals surface area contributed by atoms with E-state index in [2.05, 4.69) is 5.32 Å². The number of carbonyl (C=O) groups excluding carboxylic acids is 1. The van der Waals surface area contributed by atoms with E-state index in [1.807, 2.05) is 0 Å². The smallest absolute Gasteiger partial charge is 0.251 e. The van der Waals surface area contributed by atoms with E-state index in [0.717, 1.165) is 0 Å². The van der Waals surface area contributed by atoms with Gasteiger partial charge in [0, 0.05) is 23.7 Å². The summed E-state index contributed by atoms with van der Waals surface area (Å²) >= 11 is 0. The van der Waals surface area contributed by atoms with Crippen molar-refractivity contribution in [2.75, 3.05) is 13.7 Å². The van der Waals surface area contributed by atoms with Gasteiger partial charge in [0.2, 0.25) is 0 Å². The Morgan fingerprint density at radius 2 is 2.29 bits per heavy atom. The molecule has 0 unspecified atom stereocenters. The second-order valence-electron chi connectivity index (χ2n) is 3.14. The van der Waals surface area contributed by atoms with Gasteiger partial charge < -0.3 is 10.1 Å². The van der Waals surface area contributed by atoms with Crippen LogP contribution in [0.25, 0.3) is 0 Å². The Balaban J connectivity index is 2.57. The van der Waals surface area contributed by atoms with Gasteiger partial charge in [0.15, 0.2) is 0 Å². The molecule has 0 spiro atoms. The summed E-state index contributed by atoms with van der Waals surface area (Å²) in [6.07, 6.45) is 0.539. The van der Waals surface area contributed by atoms with Gasteiger partial charge in [-0.05, 0) is 12.5 Å². The van der Waals surface area contributed by atoms with Gasteiger partial charge in [0.05, 0.1) is 7.11 Å². The first-order valence-electron chi connectivity index (χ1n) is 4.37. The number of rotatable bonds is 1. The fourth-order valence-corrected chi connectivity index (χ4v) is 1.58. The fourth-order valence-electron chi connectivity index (χ4n) is 1.58. The van der Waals surface area contributed by atoms with E-state index in [-0.39, 0.29) is 11.7 Å². The second-order valence-corrected chi connectivity index (χ2v) is 3.14. The van der Waals surface area contributed by atoms with Gasteiger partial charge in [0.25, 0.3) is 5.91 Å². The molecule has 4 heteroatoms. The summed E-state index contributed by atoms with van der Waals surface area (Å²) in [6.45, 7) is 0.495. The molecule has 1 heterocycles. The normalized spacial score (nSPS) is 14.6. The van der Waals surface area contributed by atoms with E-state index in [1.54, 1.807) is 6.07 Å². The molecule has 0 radical (unpaired) electrons. The number of nitrogens with one attached hydrogen (secondary N) is 1. The predicted molar refractivity (Wildman–Crippen MR) is 49.0 cm³/mol. The van der Waals surface area contributed by atoms with Crippen LogP contribution in [0.3, 0.4) is 0 Å². The van der Waals surface area contributed by atoms with Gasteiger partial charge in [-0.3, -0.25) is 4.79 Å². The summed E-state index contributed by atoms with van der Waals surface area (Å²) in [4.78, 5) is 11.4. The molecule has 1 aromatic rings. The number of hydrogen-bond donors (Lipinski definition) is 1. The van der Waals surface area contributed by atoms with E-state index >= 15 is 0 Å². The molecule has 1 amide bonds. The highest BCUT2D eigenvalue weighted by atomic mass is 19.1. The van der Waals surface area contributed by atoms with E-state index in [4.69, 9.17) is 4.74 Å². The number of amides is 1. The molecule has 74 valence electrons. The van der Waals surface area contributed by atoms with Crippen LogP contribution in [0.5, 0.6) is 5.75 Å². The molecule has 0 atom stereocenters. The maximum Gasteiger partial charge on any atom is 0.251 e. The third-order valence-corrected chi connectivity index (χ3v) is 2.31. The number of hydrogen-bond acceptors (Lipinski definition) is 2. The topological polar surface area (TPSA) is 38.3 Å². The van der Waals surface area contributed by atoms with Crippen molar-refractivity contribution in [1.29, 1.82) is 0 Å². The summed E-state index contributed by atoms with van der Waals surface area (Å²) < 4.78 is 18.3. The van der Waals surface area contributed by atoms with Gasteiger partial charge in [-0.25, -0.2) is 4.39 Å². The van der Waals surface area contributed by atoms with Gasteiger partial charge in [-0.2, -0.15) is 0 Å². The Hall–Kier alpha value is -1.58. The van der Waals surface area contributed by atoms with Gasteiger partial charge in [-0.15, -0.1) is 0 Å². The van der Waals surface area contributed by atoms with Gasteiger partial charge in [0.1, 0.15) is 11.6 Å². The SMILES string of the molecule is COc1cc(F)c2c(c1)C(=O)NCC2. The Labute approximate surface area is 80.9 Å². The molecule has 3 nitrogen and oxygen atoms in total.